The molecule has 1 fully saturated rings. The largest absolute Gasteiger partial charge is 0.491 e. The molecule has 6 nitrogen and oxygen atoms in total. The van der Waals surface area contributed by atoms with Gasteiger partial charge in [0.1, 0.15) is 12.7 Å². The highest BCUT2D eigenvalue weighted by Crippen LogP contribution is 2.29. The van der Waals surface area contributed by atoms with Gasteiger partial charge >= 0.3 is 0 Å². The maximum absolute atomic E-state index is 14.1. The van der Waals surface area contributed by atoms with E-state index in [-0.39, 0.29) is 5.92 Å². The molecule has 0 unspecified atom stereocenters. The minimum absolute atomic E-state index is 0.149. The van der Waals surface area contributed by atoms with E-state index >= 15 is 0 Å². The Balaban J connectivity index is 1.71. The predicted molar refractivity (Wildman–Crippen MR) is 72.3 cm³/mol. The van der Waals surface area contributed by atoms with E-state index in [0.717, 1.165) is 7.11 Å². The SMILES string of the molecule is COc1c(F)c(F)cc(C(=O)N2CC(Cn3cncn3)C2)c1F. The van der Waals surface area contributed by atoms with E-state index in [9.17, 15) is 18.0 Å². The predicted octanol–water partition coefficient (Wildman–Crippen LogP) is 1.48. The Kier molecular flexibility index (Phi) is 3.93. The van der Waals surface area contributed by atoms with Gasteiger partial charge in [-0.25, -0.2) is 13.8 Å². The second-order valence-corrected chi connectivity index (χ2v) is 5.26. The number of hydrogen-bond acceptors (Lipinski definition) is 4. The summed E-state index contributed by atoms with van der Waals surface area (Å²) in [4.78, 5) is 17.4. The molecule has 122 valence electrons. The molecule has 0 radical (unpaired) electrons. The maximum Gasteiger partial charge on any atom is 0.257 e. The molecule has 9 heteroatoms. The van der Waals surface area contributed by atoms with E-state index in [4.69, 9.17) is 0 Å². The van der Waals surface area contributed by atoms with Gasteiger partial charge in [-0.05, 0) is 6.07 Å². The summed E-state index contributed by atoms with van der Waals surface area (Å²) in [7, 11) is 1.01. The van der Waals surface area contributed by atoms with Gasteiger partial charge in [0.2, 0.25) is 5.82 Å². The Hall–Kier alpha value is -2.58. The van der Waals surface area contributed by atoms with Crippen molar-refractivity contribution in [1.82, 2.24) is 19.7 Å². The molecule has 0 aliphatic carbocycles. The molecule has 0 saturated carbocycles. The first kappa shape index (κ1) is 15.3. The minimum atomic E-state index is -1.45. The van der Waals surface area contributed by atoms with Crippen LogP contribution in [0.4, 0.5) is 13.2 Å². The first-order valence-electron chi connectivity index (χ1n) is 6.84. The minimum Gasteiger partial charge on any atom is -0.491 e. The molecule has 1 aromatic carbocycles. The van der Waals surface area contributed by atoms with Crippen LogP contribution in [0.15, 0.2) is 18.7 Å². The topological polar surface area (TPSA) is 60.2 Å². The van der Waals surface area contributed by atoms with E-state index in [1.807, 2.05) is 0 Å². The van der Waals surface area contributed by atoms with E-state index in [0.29, 0.717) is 25.7 Å². The molecule has 1 aromatic heterocycles. The lowest BCUT2D eigenvalue weighted by Gasteiger charge is -2.39. The fraction of sp³-hybridized carbons (Fsp3) is 0.357. The van der Waals surface area contributed by atoms with Crippen molar-refractivity contribution in [1.29, 1.82) is 0 Å². The van der Waals surface area contributed by atoms with Crippen LogP contribution in [0.3, 0.4) is 0 Å². The summed E-state index contributed by atoms with van der Waals surface area (Å²) in [5.41, 5.74) is -0.542. The highest BCUT2D eigenvalue weighted by atomic mass is 19.2. The maximum atomic E-state index is 14.1. The van der Waals surface area contributed by atoms with Gasteiger partial charge in [-0.1, -0.05) is 0 Å². The summed E-state index contributed by atoms with van der Waals surface area (Å²) in [5.74, 6) is -5.42. The number of halogens is 3. The number of carbonyl (C=O) groups excluding carboxylic acids is 1. The molecule has 23 heavy (non-hydrogen) atoms. The van der Waals surface area contributed by atoms with Crippen molar-refractivity contribution in [2.45, 2.75) is 6.54 Å². The van der Waals surface area contributed by atoms with Crippen LogP contribution in [0.5, 0.6) is 5.75 Å². The zero-order valence-corrected chi connectivity index (χ0v) is 12.2. The number of aromatic nitrogens is 3. The molecule has 3 rings (SSSR count). The number of amides is 1. The number of hydrogen-bond donors (Lipinski definition) is 0. The van der Waals surface area contributed by atoms with E-state index in [1.165, 1.54) is 11.2 Å². The summed E-state index contributed by atoms with van der Waals surface area (Å²) >= 11 is 0. The lowest BCUT2D eigenvalue weighted by Crippen LogP contribution is -2.51. The van der Waals surface area contributed by atoms with Gasteiger partial charge in [0.25, 0.3) is 5.91 Å². The van der Waals surface area contributed by atoms with Crippen LogP contribution in [0.25, 0.3) is 0 Å². The Bertz CT molecular complexity index is 730. The highest BCUT2D eigenvalue weighted by Gasteiger charge is 2.34. The molecule has 0 N–H and O–H groups in total. The molecule has 0 atom stereocenters. The molecular weight excluding hydrogens is 313 g/mol. The highest BCUT2D eigenvalue weighted by molar-refractivity contribution is 5.95. The molecule has 2 aromatic rings. The van der Waals surface area contributed by atoms with Crippen LogP contribution in [-0.2, 0) is 6.54 Å². The van der Waals surface area contributed by atoms with Crippen LogP contribution in [-0.4, -0.2) is 45.8 Å². The van der Waals surface area contributed by atoms with Crippen molar-refractivity contribution in [2.24, 2.45) is 5.92 Å². The van der Waals surface area contributed by atoms with E-state index in [2.05, 4.69) is 14.8 Å². The van der Waals surface area contributed by atoms with Crippen molar-refractivity contribution < 1.29 is 22.7 Å². The van der Waals surface area contributed by atoms with Crippen molar-refractivity contribution >= 4 is 5.91 Å². The summed E-state index contributed by atoms with van der Waals surface area (Å²) in [6.45, 7) is 1.33. The quantitative estimate of drug-likeness (QED) is 0.799. The van der Waals surface area contributed by atoms with Crippen LogP contribution < -0.4 is 4.74 Å². The monoisotopic (exact) mass is 326 g/mol. The van der Waals surface area contributed by atoms with Gasteiger partial charge in [-0.2, -0.15) is 9.49 Å². The number of carbonyl (C=O) groups is 1. The van der Waals surface area contributed by atoms with Crippen molar-refractivity contribution in [3.05, 3.63) is 41.7 Å². The van der Waals surface area contributed by atoms with Crippen molar-refractivity contribution in [3.8, 4) is 5.75 Å². The average molecular weight is 326 g/mol. The Morgan fingerprint density at radius 3 is 2.70 bits per heavy atom. The smallest absolute Gasteiger partial charge is 0.257 e. The van der Waals surface area contributed by atoms with Crippen LogP contribution in [0.1, 0.15) is 10.4 Å². The number of rotatable bonds is 4. The third-order valence-corrected chi connectivity index (χ3v) is 3.71. The first-order valence-corrected chi connectivity index (χ1v) is 6.84. The van der Waals surface area contributed by atoms with Gasteiger partial charge in [0.05, 0.1) is 12.7 Å². The molecule has 1 aliphatic heterocycles. The second-order valence-electron chi connectivity index (χ2n) is 5.26. The van der Waals surface area contributed by atoms with Gasteiger partial charge in [-0.3, -0.25) is 9.48 Å². The summed E-state index contributed by atoms with van der Waals surface area (Å²) in [6.07, 6.45) is 2.97. The van der Waals surface area contributed by atoms with Crippen LogP contribution in [0, 0.1) is 23.4 Å². The van der Waals surface area contributed by atoms with Crippen molar-refractivity contribution in [3.63, 3.8) is 0 Å². The van der Waals surface area contributed by atoms with Gasteiger partial charge < -0.3 is 9.64 Å². The van der Waals surface area contributed by atoms with E-state index in [1.54, 1.807) is 11.0 Å². The Labute approximate surface area is 129 Å². The third-order valence-electron chi connectivity index (χ3n) is 3.71. The molecule has 0 spiro atoms. The molecule has 1 saturated heterocycles. The molecule has 0 bridgehead atoms. The fourth-order valence-corrected chi connectivity index (χ4v) is 2.53. The first-order chi connectivity index (χ1) is 11.0. The molecular formula is C14H13F3N4O2. The summed E-state index contributed by atoms with van der Waals surface area (Å²) in [5, 5.41) is 3.96. The van der Waals surface area contributed by atoms with Gasteiger partial charge in [0.15, 0.2) is 17.4 Å². The number of ether oxygens (including phenoxy) is 1. The van der Waals surface area contributed by atoms with E-state index < -0.39 is 34.7 Å². The Morgan fingerprint density at radius 1 is 1.35 bits per heavy atom. The van der Waals surface area contributed by atoms with Crippen LogP contribution in [0.2, 0.25) is 0 Å². The molecule has 1 aliphatic rings. The van der Waals surface area contributed by atoms with Gasteiger partial charge in [-0.15, -0.1) is 0 Å². The number of benzene rings is 1. The van der Waals surface area contributed by atoms with Crippen LogP contribution >= 0.6 is 0 Å². The lowest BCUT2D eigenvalue weighted by molar-refractivity contribution is 0.0455. The standard InChI is InChI=1S/C14H13F3N4O2/c1-23-13-11(16)9(2-10(15)12(13)17)14(22)20-3-8(4-20)5-21-7-18-6-19-21/h2,6-8H,3-5H2,1H3. The second kappa shape index (κ2) is 5.90. The molecule has 2 heterocycles. The normalized spacial score (nSPS) is 14.7. The van der Waals surface area contributed by atoms with Gasteiger partial charge in [0, 0.05) is 25.6 Å². The number of nitrogens with zero attached hydrogens (tertiary/aromatic N) is 4. The zero-order chi connectivity index (χ0) is 16.6. The summed E-state index contributed by atoms with van der Waals surface area (Å²) < 4.78 is 47.1. The number of likely N-dealkylation sites (tertiary alicyclic amines) is 1. The number of methoxy groups -OCH3 is 1. The summed E-state index contributed by atoms with van der Waals surface area (Å²) in [6, 6.07) is 0.556. The fourth-order valence-electron chi connectivity index (χ4n) is 2.53. The zero-order valence-electron chi connectivity index (χ0n) is 12.2. The third kappa shape index (κ3) is 2.73. The molecule has 1 amide bonds. The average Bonchev–Trinajstić information content (AvgIpc) is 2.99. The van der Waals surface area contributed by atoms with Crippen molar-refractivity contribution in [2.75, 3.05) is 20.2 Å². The Morgan fingerprint density at radius 2 is 2.09 bits per heavy atom. The lowest BCUT2D eigenvalue weighted by atomic mass is 9.98.